The molecular weight excluding hydrogens is 343 g/mol. The van der Waals surface area contributed by atoms with Gasteiger partial charge < -0.3 is 9.84 Å². The van der Waals surface area contributed by atoms with E-state index in [9.17, 15) is 9.50 Å². The summed E-state index contributed by atoms with van der Waals surface area (Å²) < 4.78 is 19.4. The number of halogens is 2. The van der Waals surface area contributed by atoms with Gasteiger partial charge in [-0.3, -0.25) is 0 Å². The van der Waals surface area contributed by atoms with Crippen LogP contribution in [0.1, 0.15) is 11.7 Å². The molecule has 1 N–H and O–H groups in total. The summed E-state index contributed by atoms with van der Waals surface area (Å²) in [6.07, 6.45) is -0.783. The number of hydrogen-bond donors (Lipinski definition) is 1. The number of hydrogen-bond acceptors (Lipinski definition) is 3. The normalized spacial score (nSPS) is 12.2. The minimum Gasteiger partial charge on any atom is -0.496 e. The molecule has 2 nitrogen and oxygen atoms in total. The zero-order chi connectivity index (χ0) is 14.5. The Morgan fingerprint density at radius 3 is 2.60 bits per heavy atom. The number of aliphatic hydroxyl groups excluding tert-OH is 1. The van der Waals surface area contributed by atoms with Gasteiger partial charge in [0.1, 0.15) is 11.6 Å². The van der Waals surface area contributed by atoms with E-state index in [0.717, 1.165) is 9.37 Å². The van der Waals surface area contributed by atoms with Crippen molar-refractivity contribution in [3.05, 3.63) is 58.3 Å². The molecule has 2 aromatic rings. The maximum atomic E-state index is 13.3. The summed E-state index contributed by atoms with van der Waals surface area (Å²) in [5.41, 5.74) is 0.470. The Kier molecular flexibility index (Phi) is 5.46. The molecule has 2 rings (SSSR count). The van der Waals surface area contributed by atoms with Crippen molar-refractivity contribution >= 4 is 27.7 Å². The molecule has 20 heavy (non-hydrogen) atoms. The van der Waals surface area contributed by atoms with Crippen molar-refractivity contribution in [1.82, 2.24) is 0 Å². The molecule has 0 saturated carbocycles. The van der Waals surface area contributed by atoms with Gasteiger partial charge in [0.25, 0.3) is 0 Å². The standard InChI is InChI=1S/C15H14BrFO2S/c1-19-15-7-4-11(17)8-13(15)14(18)9-20-12-5-2-10(16)3-6-12/h2-8,14,18H,9H2,1H3. The van der Waals surface area contributed by atoms with E-state index in [1.54, 1.807) is 0 Å². The highest BCUT2D eigenvalue weighted by atomic mass is 79.9. The largest absolute Gasteiger partial charge is 0.496 e. The molecule has 0 saturated heterocycles. The Bertz CT molecular complexity index is 575. The molecule has 0 amide bonds. The maximum Gasteiger partial charge on any atom is 0.124 e. The molecular formula is C15H14BrFO2S. The van der Waals surface area contributed by atoms with Gasteiger partial charge in [-0.05, 0) is 42.5 Å². The first-order chi connectivity index (χ1) is 9.60. The molecule has 0 aromatic heterocycles. The van der Waals surface area contributed by atoms with E-state index in [-0.39, 0.29) is 5.82 Å². The van der Waals surface area contributed by atoms with E-state index < -0.39 is 6.10 Å². The fourth-order valence-electron chi connectivity index (χ4n) is 1.76. The summed E-state index contributed by atoms with van der Waals surface area (Å²) in [6.45, 7) is 0. The first-order valence-corrected chi connectivity index (χ1v) is 7.78. The van der Waals surface area contributed by atoms with Crippen molar-refractivity contribution in [3.8, 4) is 5.75 Å². The average molecular weight is 357 g/mol. The number of ether oxygens (including phenoxy) is 1. The number of benzene rings is 2. The molecule has 0 radical (unpaired) electrons. The van der Waals surface area contributed by atoms with Crippen LogP contribution in [0.25, 0.3) is 0 Å². The predicted octanol–water partition coefficient (Wildman–Crippen LogP) is 4.42. The van der Waals surface area contributed by atoms with Crippen molar-refractivity contribution in [3.63, 3.8) is 0 Å². The summed E-state index contributed by atoms with van der Waals surface area (Å²) in [5.74, 6) is 0.547. The second-order valence-corrected chi connectivity index (χ2v) is 6.18. The first-order valence-electron chi connectivity index (χ1n) is 6.00. The van der Waals surface area contributed by atoms with Gasteiger partial charge in [-0.2, -0.15) is 0 Å². The number of thioether (sulfide) groups is 1. The average Bonchev–Trinajstić information content (AvgIpc) is 2.46. The molecule has 0 fully saturated rings. The van der Waals surface area contributed by atoms with E-state index in [1.807, 2.05) is 24.3 Å². The van der Waals surface area contributed by atoms with Crippen LogP contribution in [-0.2, 0) is 0 Å². The van der Waals surface area contributed by atoms with Crippen LogP contribution in [0.5, 0.6) is 5.75 Å². The maximum absolute atomic E-state index is 13.3. The number of aliphatic hydroxyl groups is 1. The zero-order valence-corrected chi connectivity index (χ0v) is 13.2. The summed E-state index contributed by atoms with van der Waals surface area (Å²) in [4.78, 5) is 1.04. The lowest BCUT2D eigenvalue weighted by atomic mass is 10.1. The Morgan fingerprint density at radius 1 is 1.25 bits per heavy atom. The summed E-state index contributed by atoms with van der Waals surface area (Å²) in [6, 6.07) is 12.0. The van der Waals surface area contributed by atoms with Crippen molar-refractivity contribution < 1.29 is 14.2 Å². The van der Waals surface area contributed by atoms with Gasteiger partial charge in [-0.1, -0.05) is 15.9 Å². The fraction of sp³-hybridized carbons (Fsp3) is 0.200. The summed E-state index contributed by atoms with van der Waals surface area (Å²) in [7, 11) is 1.51. The van der Waals surface area contributed by atoms with E-state index in [2.05, 4.69) is 15.9 Å². The van der Waals surface area contributed by atoms with Crippen LogP contribution in [-0.4, -0.2) is 18.0 Å². The van der Waals surface area contributed by atoms with E-state index in [1.165, 1.54) is 37.1 Å². The molecule has 1 unspecified atom stereocenters. The van der Waals surface area contributed by atoms with Crippen molar-refractivity contribution in [2.75, 3.05) is 12.9 Å². The van der Waals surface area contributed by atoms with Crippen LogP contribution in [0.3, 0.4) is 0 Å². The molecule has 0 aliphatic rings. The van der Waals surface area contributed by atoms with Crippen LogP contribution in [0.2, 0.25) is 0 Å². The van der Waals surface area contributed by atoms with Crippen molar-refractivity contribution in [2.45, 2.75) is 11.0 Å². The first kappa shape index (κ1) is 15.4. The van der Waals surface area contributed by atoms with Crippen molar-refractivity contribution in [1.29, 1.82) is 0 Å². The molecule has 0 bridgehead atoms. The monoisotopic (exact) mass is 356 g/mol. The topological polar surface area (TPSA) is 29.5 Å². The number of methoxy groups -OCH3 is 1. The third kappa shape index (κ3) is 3.98. The molecule has 106 valence electrons. The van der Waals surface area contributed by atoms with Crippen LogP contribution in [0, 0.1) is 5.82 Å². The fourth-order valence-corrected chi connectivity index (χ4v) is 2.88. The van der Waals surface area contributed by atoms with Gasteiger partial charge in [0.15, 0.2) is 0 Å². The molecule has 5 heteroatoms. The quantitative estimate of drug-likeness (QED) is 0.804. The van der Waals surface area contributed by atoms with E-state index in [4.69, 9.17) is 4.74 Å². The minimum atomic E-state index is -0.783. The lowest BCUT2D eigenvalue weighted by Gasteiger charge is -2.14. The van der Waals surface area contributed by atoms with Gasteiger partial charge in [-0.25, -0.2) is 4.39 Å². The van der Waals surface area contributed by atoms with Gasteiger partial charge in [0.05, 0.1) is 13.2 Å². The second kappa shape index (κ2) is 7.11. The highest BCUT2D eigenvalue weighted by Gasteiger charge is 2.14. The van der Waals surface area contributed by atoms with Crippen LogP contribution < -0.4 is 4.74 Å². The third-order valence-corrected chi connectivity index (χ3v) is 4.39. The van der Waals surface area contributed by atoms with Crippen LogP contribution >= 0.6 is 27.7 Å². The van der Waals surface area contributed by atoms with E-state index >= 15 is 0 Å². The number of rotatable bonds is 5. The van der Waals surface area contributed by atoms with Gasteiger partial charge in [0, 0.05) is 20.7 Å². The van der Waals surface area contributed by atoms with Crippen molar-refractivity contribution in [2.24, 2.45) is 0 Å². The van der Waals surface area contributed by atoms with Gasteiger partial charge in [0.2, 0.25) is 0 Å². The van der Waals surface area contributed by atoms with Gasteiger partial charge in [-0.15, -0.1) is 11.8 Å². The zero-order valence-electron chi connectivity index (χ0n) is 10.8. The SMILES string of the molecule is COc1ccc(F)cc1C(O)CSc1ccc(Br)cc1. The Morgan fingerprint density at radius 2 is 1.95 bits per heavy atom. The molecule has 2 aromatic carbocycles. The second-order valence-electron chi connectivity index (χ2n) is 4.17. The Labute approximate surface area is 130 Å². The molecule has 1 atom stereocenters. The molecule has 0 spiro atoms. The molecule has 0 heterocycles. The lowest BCUT2D eigenvalue weighted by Crippen LogP contribution is -2.04. The Balaban J connectivity index is 2.06. The van der Waals surface area contributed by atoms with Crippen LogP contribution in [0.15, 0.2) is 51.8 Å². The molecule has 0 aliphatic carbocycles. The lowest BCUT2D eigenvalue weighted by molar-refractivity contribution is 0.198. The summed E-state index contributed by atoms with van der Waals surface area (Å²) in [5, 5.41) is 10.2. The smallest absolute Gasteiger partial charge is 0.124 e. The Hall–Kier alpha value is -1.04. The predicted molar refractivity (Wildman–Crippen MR) is 82.8 cm³/mol. The van der Waals surface area contributed by atoms with E-state index in [0.29, 0.717) is 17.1 Å². The highest BCUT2D eigenvalue weighted by molar-refractivity contribution is 9.10. The minimum absolute atomic E-state index is 0.381. The van der Waals surface area contributed by atoms with Crippen LogP contribution in [0.4, 0.5) is 4.39 Å². The summed E-state index contributed by atoms with van der Waals surface area (Å²) >= 11 is 4.88. The highest BCUT2D eigenvalue weighted by Crippen LogP contribution is 2.31. The molecule has 0 aliphatic heterocycles. The third-order valence-electron chi connectivity index (χ3n) is 2.77. The van der Waals surface area contributed by atoms with Gasteiger partial charge >= 0.3 is 0 Å².